The minimum absolute atomic E-state index is 0.496. The minimum Gasteiger partial charge on any atom is -0.463 e. The summed E-state index contributed by atoms with van der Waals surface area (Å²) < 4.78 is 7.01. The van der Waals surface area contributed by atoms with Crippen LogP contribution in [0.25, 0.3) is 17.1 Å². The summed E-state index contributed by atoms with van der Waals surface area (Å²) in [5.74, 6) is 0.696. The average Bonchev–Trinajstić information content (AvgIpc) is 3.04. The molecule has 3 rings (SSSR count). The number of rotatable bonds is 2. The van der Waals surface area contributed by atoms with Gasteiger partial charge in [-0.1, -0.05) is 0 Å². The maximum Gasteiger partial charge on any atom is 0.174 e. The van der Waals surface area contributed by atoms with Crippen LogP contribution in [0, 0.1) is 11.3 Å². The number of hydrogen-bond acceptors (Lipinski definition) is 5. The van der Waals surface area contributed by atoms with E-state index in [2.05, 4.69) is 16.2 Å². The Hall–Kier alpha value is -2.26. The summed E-state index contributed by atoms with van der Waals surface area (Å²) in [4.78, 5) is 4.21. The highest BCUT2D eigenvalue weighted by Crippen LogP contribution is 2.26. The van der Waals surface area contributed by atoms with E-state index < -0.39 is 0 Å². The Kier molecular flexibility index (Phi) is 2.54. The van der Waals surface area contributed by atoms with E-state index in [0.29, 0.717) is 22.0 Å². The fourth-order valence-corrected chi connectivity index (χ4v) is 2.28. The Labute approximate surface area is 107 Å². The molecule has 0 aliphatic heterocycles. The molecular weight excluding hydrogens is 248 g/mol. The number of aromatic nitrogens is 3. The van der Waals surface area contributed by atoms with Crippen LogP contribution in [-0.2, 0) is 0 Å². The Morgan fingerprint density at radius 1 is 1.44 bits per heavy atom. The first-order chi connectivity index (χ1) is 8.85. The molecule has 88 valence electrons. The summed E-state index contributed by atoms with van der Waals surface area (Å²) in [6, 6.07) is 7.61. The molecule has 0 fully saturated rings. The Morgan fingerprint density at radius 2 is 2.33 bits per heavy atom. The van der Waals surface area contributed by atoms with Crippen molar-refractivity contribution >= 4 is 17.4 Å². The predicted molar refractivity (Wildman–Crippen MR) is 67.2 cm³/mol. The van der Waals surface area contributed by atoms with Crippen LogP contribution in [0.2, 0.25) is 0 Å². The molecule has 6 heteroatoms. The molecule has 18 heavy (non-hydrogen) atoms. The number of thioether (sulfide) groups is 1. The summed E-state index contributed by atoms with van der Waals surface area (Å²) in [5, 5.41) is 14.2. The Balaban J connectivity index is 2.36. The molecule has 0 spiro atoms. The van der Waals surface area contributed by atoms with E-state index in [9.17, 15) is 5.26 Å². The van der Waals surface area contributed by atoms with Crippen molar-refractivity contribution < 1.29 is 4.42 Å². The molecule has 5 nitrogen and oxygen atoms in total. The molecule has 0 aliphatic rings. The molecule has 0 radical (unpaired) electrons. The summed E-state index contributed by atoms with van der Waals surface area (Å²) in [6.45, 7) is 0. The second kappa shape index (κ2) is 4.20. The van der Waals surface area contributed by atoms with Crippen molar-refractivity contribution in [2.75, 3.05) is 6.26 Å². The van der Waals surface area contributed by atoms with Crippen LogP contribution in [0.3, 0.4) is 0 Å². The van der Waals surface area contributed by atoms with E-state index in [1.54, 1.807) is 17.0 Å². The van der Waals surface area contributed by atoms with Crippen LogP contribution in [-0.4, -0.2) is 20.9 Å². The number of nitrogens with zero attached hydrogens (tertiary/aromatic N) is 4. The fraction of sp³-hybridized carbons (Fsp3) is 0.0833. The molecule has 0 aliphatic carbocycles. The van der Waals surface area contributed by atoms with E-state index in [1.165, 1.54) is 11.8 Å². The smallest absolute Gasteiger partial charge is 0.174 e. The van der Waals surface area contributed by atoms with E-state index >= 15 is 0 Å². The quantitative estimate of drug-likeness (QED) is 0.659. The van der Waals surface area contributed by atoms with Crippen molar-refractivity contribution in [3.8, 4) is 17.5 Å². The molecule has 0 saturated carbocycles. The lowest BCUT2D eigenvalue weighted by atomic mass is 10.3. The molecule has 3 heterocycles. The molecular formula is C12H8N4OS. The predicted octanol–water partition coefficient (Wildman–Crippen LogP) is 2.58. The normalized spacial score (nSPS) is 10.7. The van der Waals surface area contributed by atoms with Crippen molar-refractivity contribution in [1.29, 1.82) is 5.26 Å². The van der Waals surface area contributed by atoms with Gasteiger partial charge in [0.2, 0.25) is 0 Å². The molecule has 0 amide bonds. The zero-order valence-corrected chi connectivity index (χ0v) is 10.3. The third-order valence-electron chi connectivity index (χ3n) is 2.57. The number of furan rings is 1. The summed E-state index contributed by atoms with van der Waals surface area (Å²) in [7, 11) is 0. The summed E-state index contributed by atoms with van der Waals surface area (Å²) in [6.07, 6.45) is 5.14. The third kappa shape index (κ3) is 1.49. The Morgan fingerprint density at radius 3 is 3.00 bits per heavy atom. The second-order valence-corrected chi connectivity index (χ2v) is 4.33. The molecule has 0 saturated heterocycles. The lowest BCUT2D eigenvalue weighted by Gasteiger charge is -1.99. The van der Waals surface area contributed by atoms with Gasteiger partial charge in [-0.25, -0.2) is 9.50 Å². The standard InChI is InChI=1S/C12H8N4OS/c1-18-12-8(7-13)11-14-5-4-9(16(11)15-12)10-3-2-6-17-10/h2-6H,1H3. The maximum atomic E-state index is 9.18. The van der Waals surface area contributed by atoms with Crippen molar-refractivity contribution in [2.45, 2.75) is 5.03 Å². The number of hydrogen-bond donors (Lipinski definition) is 0. The highest BCUT2D eigenvalue weighted by Gasteiger charge is 2.16. The zero-order chi connectivity index (χ0) is 12.5. The number of fused-ring (bicyclic) bond motifs is 1. The highest BCUT2D eigenvalue weighted by atomic mass is 32.2. The van der Waals surface area contributed by atoms with Gasteiger partial charge in [-0.05, 0) is 24.5 Å². The first kappa shape index (κ1) is 10.9. The topological polar surface area (TPSA) is 67.1 Å². The van der Waals surface area contributed by atoms with Crippen molar-refractivity contribution in [2.24, 2.45) is 0 Å². The van der Waals surface area contributed by atoms with Crippen LogP contribution in [0.1, 0.15) is 5.56 Å². The first-order valence-corrected chi connectivity index (χ1v) is 6.43. The molecule has 3 aromatic rings. The lowest BCUT2D eigenvalue weighted by Crippen LogP contribution is -1.94. The van der Waals surface area contributed by atoms with Gasteiger partial charge in [0.05, 0.1) is 6.26 Å². The monoisotopic (exact) mass is 256 g/mol. The number of nitriles is 1. The van der Waals surface area contributed by atoms with Gasteiger partial charge in [0.15, 0.2) is 11.4 Å². The summed E-state index contributed by atoms with van der Waals surface area (Å²) in [5.41, 5.74) is 1.83. The minimum atomic E-state index is 0.496. The highest BCUT2D eigenvalue weighted by molar-refractivity contribution is 7.98. The van der Waals surface area contributed by atoms with Gasteiger partial charge in [0.25, 0.3) is 0 Å². The van der Waals surface area contributed by atoms with Gasteiger partial charge in [0.1, 0.15) is 22.4 Å². The van der Waals surface area contributed by atoms with Crippen molar-refractivity contribution in [3.05, 3.63) is 36.2 Å². The first-order valence-electron chi connectivity index (χ1n) is 5.21. The third-order valence-corrected chi connectivity index (χ3v) is 3.24. The largest absolute Gasteiger partial charge is 0.463 e. The summed E-state index contributed by atoms with van der Waals surface area (Å²) >= 11 is 1.43. The van der Waals surface area contributed by atoms with Gasteiger partial charge in [-0.15, -0.1) is 11.8 Å². The average molecular weight is 256 g/mol. The van der Waals surface area contributed by atoms with Gasteiger partial charge < -0.3 is 4.42 Å². The molecule has 0 aromatic carbocycles. The van der Waals surface area contributed by atoms with Crippen LogP contribution in [0.15, 0.2) is 40.1 Å². The van der Waals surface area contributed by atoms with Gasteiger partial charge in [0, 0.05) is 6.20 Å². The lowest BCUT2D eigenvalue weighted by molar-refractivity contribution is 0.577. The van der Waals surface area contributed by atoms with Crippen LogP contribution in [0.5, 0.6) is 0 Å². The Bertz CT molecular complexity index is 739. The van der Waals surface area contributed by atoms with Crippen molar-refractivity contribution in [3.63, 3.8) is 0 Å². The van der Waals surface area contributed by atoms with Crippen molar-refractivity contribution in [1.82, 2.24) is 14.6 Å². The molecule has 0 unspecified atom stereocenters. The van der Waals surface area contributed by atoms with E-state index in [-0.39, 0.29) is 0 Å². The molecule has 0 atom stereocenters. The van der Waals surface area contributed by atoms with Crippen LogP contribution >= 0.6 is 11.8 Å². The van der Waals surface area contributed by atoms with Gasteiger partial charge in [-0.3, -0.25) is 0 Å². The molecule has 0 bridgehead atoms. The van der Waals surface area contributed by atoms with Gasteiger partial charge >= 0.3 is 0 Å². The fourth-order valence-electron chi connectivity index (χ4n) is 1.78. The SMILES string of the molecule is CSc1nn2c(-c3ccco3)ccnc2c1C#N. The van der Waals surface area contributed by atoms with Crippen LogP contribution in [0.4, 0.5) is 0 Å². The maximum absolute atomic E-state index is 9.18. The van der Waals surface area contributed by atoms with E-state index in [1.807, 2.05) is 24.5 Å². The van der Waals surface area contributed by atoms with Crippen LogP contribution < -0.4 is 0 Å². The van der Waals surface area contributed by atoms with Gasteiger partial charge in [-0.2, -0.15) is 10.4 Å². The molecule has 3 aromatic heterocycles. The van der Waals surface area contributed by atoms with E-state index in [0.717, 1.165) is 5.69 Å². The second-order valence-electron chi connectivity index (χ2n) is 3.54. The zero-order valence-electron chi connectivity index (χ0n) is 9.49. The molecule has 0 N–H and O–H groups in total. The van der Waals surface area contributed by atoms with E-state index in [4.69, 9.17) is 4.42 Å².